The van der Waals surface area contributed by atoms with Gasteiger partial charge in [0.15, 0.2) is 6.10 Å². The van der Waals surface area contributed by atoms with Crippen LogP contribution >= 0.6 is 0 Å². The molecule has 0 saturated carbocycles. The Morgan fingerprint density at radius 1 is 1.32 bits per heavy atom. The van der Waals surface area contributed by atoms with Gasteiger partial charge in [-0.3, -0.25) is 9.52 Å². The van der Waals surface area contributed by atoms with Crippen molar-refractivity contribution in [1.82, 2.24) is 0 Å². The van der Waals surface area contributed by atoms with Crippen LogP contribution in [0.2, 0.25) is 0 Å². The molecule has 19 heavy (non-hydrogen) atoms. The second-order valence-corrected chi connectivity index (χ2v) is 5.62. The zero-order valence-corrected chi connectivity index (χ0v) is 11.2. The molecule has 104 valence electrons. The summed E-state index contributed by atoms with van der Waals surface area (Å²) in [5.74, 6) is -1.63. The van der Waals surface area contributed by atoms with E-state index < -0.39 is 28.0 Å². The largest absolute Gasteiger partial charge is 0.449 e. The number of carbonyl (C=O) groups is 2. The van der Waals surface area contributed by atoms with Crippen LogP contribution in [0.3, 0.4) is 0 Å². The number of nitrogens with one attached hydrogen (secondary N) is 1. The number of esters is 1. The predicted molar refractivity (Wildman–Crippen MR) is 69.0 cm³/mol. The maximum absolute atomic E-state index is 11.8. The fourth-order valence-electron chi connectivity index (χ4n) is 1.23. The lowest BCUT2D eigenvalue weighted by atomic mass is 10.2. The molecule has 1 atom stereocenters. The van der Waals surface area contributed by atoms with Crippen molar-refractivity contribution in [2.75, 3.05) is 11.0 Å². The van der Waals surface area contributed by atoms with Crippen LogP contribution in [0.15, 0.2) is 24.3 Å². The Bertz CT molecular complexity index is 597. The number of hydrogen-bond donors (Lipinski definition) is 2. The number of primary amides is 1. The fourth-order valence-corrected chi connectivity index (χ4v) is 1.81. The molecule has 0 saturated heterocycles. The summed E-state index contributed by atoms with van der Waals surface area (Å²) < 4.78 is 29.3. The first-order chi connectivity index (χ1) is 8.70. The van der Waals surface area contributed by atoms with E-state index in [1.807, 2.05) is 0 Å². The number of sulfonamides is 1. The highest BCUT2D eigenvalue weighted by Crippen LogP contribution is 2.17. The number of amides is 1. The standard InChI is InChI=1S/C11H14N2O5S/c1-7(10(12)14)18-11(15)8-5-3-4-6-9(8)13-19(2,16)17/h3-7,13H,1-2H3,(H2,12,14)/t7-/m0/s1. The summed E-state index contributed by atoms with van der Waals surface area (Å²) in [7, 11) is -3.53. The Labute approximate surface area is 110 Å². The predicted octanol–water partition coefficient (Wildman–Crippen LogP) is 0.0887. The van der Waals surface area contributed by atoms with Crippen molar-refractivity contribution in [2.24, 2.45) is 5.73 Å². The van der Waals surface area contributed by atoms with E-state index in [1.54, 1.807) is 12.1 Å². The minimum Gasteiger partial charge on any atom is -0.449 e. The molecule has 3 N–H and O–H groups in total. The minimum atomic E-state index is -3.53. The molecule has 7 nitrogen and oxygen atoms in total. The summed E-state index contributed by atoms with van der Waals surface area (Å²) in [6.07, 6.45) is -0.139. The van der Waals surface area contributed by atoms with E-state index in [2.05, 4.69) is 4.72 Å². The van der Waals surface area contributed by atoms with E-state index in [4.69, 9.17) is 10.5 Å². The summed E-state index contributed by atoms with van der Waals surface area (Å²) in [6.45, 7) is 1.33. The molecular formula is C11H14N2O5S. The maximum Gasteiger partial charge on any atom is 0.341 e. The zero-order chi connectivity index (χ0) is 14.6. The molecule has 1 aromatic carbocycles. The van der Waals surface area contributed by atoms with Crippen LogP contribution in [0.25, 0.3) is 0 Å². The quantitative estimate of drug-likeness (QED) is 0.744. The van der Waals surface area contributed by atoms with Crippen LogP contribution in [-0.4, -0.2) is 32.7 Å². The number of hydrogen-bond acceptors (Lipinski definition) is 5. The summed E-state index contributed by atoms with van der Waals surface area (Å²) in [6, 6.07) is 5.89. The highest BCUT2D eigenvalue weighted by molar-refractivity contribution is 7.92. The molecule has 0 aromatic heterocycles. The fraction of sp³-hybridized carbons (Fsp3) is 0.273. The van der Waals surface area contributed by atoms with E-state index >= 15 is 0 Å². The molecule has 1 amide bonds. The van der Waals surface area contributed by atoms with E-state index in [0.29, 0.717) is 0 Å². The molecule has 0 aliphatic heterocycles. The number of benzene rings is 1. The van der Waals surface area contributed by atoms with E-state index in [0.717, 1.165) is 6.26 Å². The van der Waals surface area contributed by atoms with Crippen molar-refractivity contribution in [3.8, 4) is 0 Å². The lowest BCUT2D eigenvalue weighted by Crippen LogP contribution is -2.30. The molecule has 0 heterocycles. The van der Waals surface area contributed by atoms with Crippen LogP contribution in [0.4, 0.5) is 5.69 Å². The minimum absolute atomic E-state index is 0.000949. The van der Waals surface area contributed by atoms with Gasteiger partial charge in [0.1, 0.15) is 0 Å². The summed E-state index contributed by atoms with van der Waals surface area (Å²) in [5.41, 5.74) is 5.05. The Morgan fingerprint density at radius 2 is 1.89 bits per heavy atom. The van der Waals surface area contributed by atoms with Crippen molar-refractivity contribution in [2.45, 2.75) is 13.0 Å². The molecule has 0 aliphatic rings. The van der Waals surface area contributed by atoms with Gasteiger partial charge >= 0.3 is 5.97 Å². The molecule has 1 aromatic rings. The van der Waals surface area contributed by atoms with E-state index in [1.165, 1.54) is 19.1 Å². The van der Waals surface area contributed by atoms with E-state index in [9.17, 15) is 18.0 Å². The number of anilines is 1. The third-order valence-corrected chi connectivity index (χ3v) is 2.72. The number of nitrogens with two attached hydrogens (primary N) is 1. The molecular weight excluding hydrogens is 272 g/mol. The van der Waals surface area contributed by atoms with Gasteiger partial charge in [-0.1, -0.05) is 12.1 Å². The first kappa shape index (κ1) is 15.0. The molecule has 0 aliphatic carbocycles. The van der Waals surface area contributed by atoms with Gasteiger partial charge in [-0.15, -0.1) is 0 Å². The SMILES string of the molecule is C[C@H](OC(=O)c1ccccc1NS(C)(=O)=O)C(N)=O. The highest BCUT2D eigenvalue weighted by Gasteiger charge is 2.19. The third kappa shape index (κ3) is 4.59. The van der Waals surface area contributed by atoms with Gasteiger partial charge in [-0.05, 0) is 19.1 Å². The summed E-state index contributed by atoms with van der Waals surface area (Å²) in [4.78, 5) is 22.6. The maximum atomic E-state index is 11.8. The van der Waals surface area contributed by atoms with Crippen LogP contribution in [0, 0.1) is 0 Å². The molecule has 1 rings (SSSR count). The number of para-hydroxylation sites is 1. The van der Waals surface area contributed by atoms with Gasteiger partial charge in [0, 0.05) is 0 Å². The molecule has 0 fully saturated rings. The summed E-state index contributed by atoms with van der Waals surface area (Å²) in [5, 5.41) is 0. The number of carbonyl (C=O) groups excluding carboxylic acids is 2. The second kappa shape index (κ2) is 5.70. The van der Waals surface area contributed by atoms with Gasteiger partial charge in [0.05, 0.1) is 17.5 Å². The molecule has 0 bridgehead atoms. The first-order valence-corrected chi connectivity index (χ1v) is 7.17. The lowest BCUT2D eigenvalue weighted by molar-refractivity contribution is -0.125. The van der Waals surface area contributed by atoms with Crippen LogP contribution in [0.1, 0.15) is 17.3 Å². The Morgan fingerprint density at radius 3 is 2.42 bits per heavy atom. The smallest absolute Gasteiger partial charge is 0.341 e. The van der Waals surface area contributed by atoms with E-state index in [-0.39, 0.29) is 11.3 Å². The monoisotopic (exact) mass is 286 g/mol. The third-order valence-electron chi connectivity index (χ3n) is 2.13. The molecule has 0 spiro atoms. The van der Waals surface area contributed by atoms with Crippen molar-refractivity contribution < 1.29 is 22.7 Å². The van der Waals surface area contributed by atoms with Crippen molar-refractivity contribution in [3.63, 3.8) is 0 Å². The Kier molecular flexibility index (Phi) is 4.49. The normalized spacial score (nSPS) is 12.5. The van der Waals surface area contributed by atoms with Crippen molar-refractivity contribution in [3.05, 3.63) is 29.8 Å². The lowest BCUT2D eigenvalue weighted by Gasteiger charge is -2.12. The summed E-state index contributed by atoms with van der Waals surface area (Å²) >= 11 is 0. The molecule has 0 unspecified atom stereocenters. The van der Waals surface area contributed by atoms with Crippen LogP contribution < -0.4 is 10.5 Å². The molecule has 0 radical (unpaired) electrons. The highest BCUT2D eigenvalue weighted by atomic mass is 32.2. The van der Waals surface area contributed by atoms with Crippen LogP contribution in [-0.2, 0) is 19.6 Å². The van der Waals surface area contributed by atoms with Crippen LogP contribution in [0.5, 0.6) is 0 Å². The van der Waals surface area contributed by atoms with Gasteiger partial charge in [-0.25, -0.2) is 13.2 Å². The van der Waals surface area contributed by atoms with Gasteiger partial charge in [-0.2, -0.15) is 0 Å². The second-order valence-electron chi connectivity index (χ2n) is 3.87. The average Bonchev–Trinajstić information content (AvgIpc) is 2.27. The number of rotatable bonds is 5. The average molecular weight is 286 g/mol. The zero-order valence-electron chi connectivity index (χ0n) is 10.4. The van der Waals surface area contributed by atoms with Crippen molar-refractivity contribution >= 4 is 27.6 Å². The van der Waals surface area contributed by atoms with Gasteiger partial charge in [0.2, 0.25) is 10.0 Å². The number of ether oxygens (including phenoxy) is 1. The van der Waals surface area contributed by atoms with Gasteiger partial charge in [0.25, 0.3) is 5.91 Å². The van der Waals surface area contributed by atoms with Gasteiger partial charge < -0.3 is 10.5 Å². The molecule has 8 heteroatoms. The Balaban J connectivity index is 3.00. The Hall–Kier alpha value is -2.09. The van der Waals surface area contributed by atoms with Crippen molar-refractivity contribution in [1.29, 1.82) is 0 Å². The topological polar surface area (TPSA) is 116 Å². The first-order valence-electron chi connectivity index (χ1n) is 5.28.